The van der Waals surface area contributed by atoms with E-state index < -0.39 is 17.9 Å². The van der Waals surface area contributed by atoms with Crippen LogP contribution >= 0.6 is 11.6 Å². The number of carbonyl (C=O) groups excluding carboxylic acids is 1. The van der Waals surface area contributed by atoms with E-state index in [2.05, 4.69) is 15.5 Å². The van der Waals surface area contributed by atoms with Crippen LogP contribution in [0.15, 0.2) is 47.0 Å². The summed E-state index contributed by atoms with van der Waals surface area (Å²) in [5, 5.41) is 25.1. The molecule has 1 aromatic heterocycles. The molecule has 0 aliphatic heterocycles. The van der Waals surface area contributed by atoms with Crippen LogP contribution in [0.2, 0.25) is 5.02 Å². The van der Waals surface area contributed by atoms with E-state index in [0.717, 1.165) is 0 Å². The van der Waals surface area contributed by atoms with Crippen molar-refractivity contribution in [2.24, 2.45) is 5.73 Å². The molecule has 5 N–H and O–H groups in total. The Labute approximate surface area is 163 Å². The summed E-state index contributed by atoms with van der Waals surface area (Å²) in [6.07, 6.45) is -0.209. The maximum atomic E-state index is 12.2. The Balaban J connectivity index is 1.70. The van der Waals surface area contributed by atoms with Crippen molar-refractivity contribution in [1.29, 1.82) is 0 Å². The molecule has 0 aliphatic carbocycles. The second-order valence-corrected chi connectivity index (χ2v) is 6.24. The summed E-state index contributed by atoms with van der Waals surface area (Å²) in [4.78, 5) is 27.5. The molecule has 3 aromatic rings. The average molecular weight is 403 g/mol. The van der Waals surface area contributed by atoms with Crippen molar-refractivity contribution in [3.8, 4) is 17.1 Å². The van der Waals surface area contributed by atoms with E-state index in [0.29, 0.717) is 5.56 Å². The lowest BCUT2D eigenvalue weighted by molar-refractivity contribution is -0.116. The van der Waals surface area contributed by atoms with Crippen molar-refractivity contribution in [3.05, 3.63) is 58.9 Å². The number of carbonyl (C=O) groups is 2. The van der Waals surface area contributed by atoms with Gasteiger partial charge in [-0.25, -0.2) is 4.79 Å². The molecule has 9 nitrogen and oxygen atoms in total. The number of aromatic carboxylic acids is 1. The summed E-state index contributed by atoms with van der Waals surface area (Å²) < 4.78 is 5.10. The minimum absolute atomic E-state index is 0.00696. The molecular weight excluding hydrogens is 388 g/mol. The standard InChI is InChI=1S/C18H15ClN4O5/c19-12-7-9(24)5-6-10(12)16-22-17(28-23-16)13(20)8-15(25)21-14-4-2-1-3-11(14)18(26)27/h1-7,13,24H,8,20H2,(H,21,25)(H,26,27). The number of nitrogens with zero attached hydrogens (tertiary/aromatic N) is 2. The van der Waals surface area contributed by atoms with Gasteiger partial charge in [0.1, 0.15) is 5.75 Å². The molecule has 0 aliphatic rings. The van der Waals surface area contributed by atoms with Gasteiger partial charge in [-0.1, -0.05) is 28.9 Å². The SMILES string of the molecule is NC(CC(=O)Nc1ccccc1C(=O)O)c1nc(-c2ccc(O)cc2Cl)no1. The number of benzene rings is 2. The first-order chi connectivity index (χ1) is 13.3. The largest absolute Gasteiger partial charge is 0.508 e. The normalized spacial score (nSPS) is 11.8. The van der Waals surface area contributed by atoms with Crippen molar-refractivity contribution >= 4 is 29.2 Å². The van der Waals surface area contributed by atoms with E-state index in [1.807, 2.05) is 0 Å². The number of aromatic nitrogens is 2. The van der Waals surface area contributed by atoms with Crippen LogP contribution in [0.25, 0.3) is 11.4 Å². The van der Waals surface area contributed by atoms with Crippen LogP contribution in [-0.4, -0.2) is 32.2 Å². The molecule has 1 unspecified atom stereocenters. The third-order valence-corrected chi connectivity index (χ3v) is 4.10. The van der Waals surface area contributed by atoms with E-state index in [4.69, 9.17) is 27.0 Å². The minimum atomic E-state index is -1.16. The van der Waals surface area contributed by atoms with Crippen molar-refractivity contribution < 1.29 is 24.3 Å². The Morgan fingerprint density at radius 3 is 2.71 bits per heavy atom. The van der Waals surface area contributed by atoms with E-state index in [9.17, 15) is 14.7 Å². The van der Waals surface area contributed by atoms with E-state index >= 15 is 0 Å². The van der Waals surface area contributed by atoms with Gasteiger partial charge in [-0.15, -0.1) is 0 Å². The van der Waals surface area contributed by atoms with Crippen LogP contribution in [0.5, 0.6) is 5.75 Å². The molecule has 0 saturated heterocycles. The van der Waals surface area contributed by atoms with Gasteiger partial charge in [-0.3, -0.25) is 4.79 Å². The Hall–Kier alpha value is -3.43. The quantitative estimate of drug-likeness (QED) is 0.491. The molecule has 2 aromatic carbocycles. The Kier molecular flexibility index (Phi) is 5.57. The number of hydrogen-bond acceptors (Lipinski definition) is 7. The van der Waals surface area contributed by atoms with E-state index in [-0.39, 0.29) is 40.2 Å². The molecule has 3 rings (SSSR count). The second-order valence-electron chi connectivity index (χ2n) is 5.83. The smallest absolute Gasteiger partial charge is 0.337 e. The number of nitrogens with two attached hydrogens (primary N) is 1. The lowest BCUT2D eigenvalue weighted by atomic mass is 10.1. The monoisotopic (exact) mass is 402 g/mol. The average Bonchev–Trinajstić information content (AvgIpc) is 3.11. The van der Waals surface area contributed by atoms with Crippen LogP contribution in [0.4, 0.5) is 5.69 Å². The number of para-hydroxylation sites is 1. The maximum Gasteiger partial charge on any atom is 0.337 e. The van der Waals surface area contributed by atoms with Gasteiger partial charge >= 0.3 is 5.97 Å². The lowest BCUT2D eigenvalue weighted by Gasteiger charge is -2.10. The first kappa shape index (κ1) is 19.3. The fourth-order valence-electron chi connectivity index (χ4n) is 2.45. The van der Waals surface area contributed by atoms with E-state index in [1.165, 1.54) is 30.3 Å². The van der Waals surface area contributed by atoms with Gasteiger partial charge in [0.05, 0.1) is 28.7 Å². The maximum absolute atomic E-state index is 12.2. The summed E-state index contributed by atoms with van der Waals surface area (Å²) in [5.41, 5.74) is 6.51. The molecule has 144 valence electrons. The molecular formula is C18H15ClN4O5. The van der Waals surface area contributed by atoms with Crippen LogP contribution in [0.3, 0.4) is 0 Å². The molecule has 0 fully saturated rings. The molecule has 10 heteroatoms. The van der Waals surface area contributed by atoms with Gasteiger partial charge in [-0.05, 0) is 30.3 Å². The molecule has 1 atom stereocenters. The molecule has 1 amide bonds. The third kappa shape index (κ3) is 4.27. The minimum Gasteiger partial charge on any atom is -0.508 e. The zero-order chi connectivity index (χ0) is 20.3. The van der Waals surface area contributed by atoms with Crippen LogP contribution in [-0.2, 0) is 4.79 Å². The first-order valence-electron chi connectivity index (χ1n) is 8.05. The summed E-state index contributed by atoms with van der Waals surface area (Å²) in [6, 6.07) is 9.38. The number of carboxylic acids is 1. The zero-order valence-electron chi connectivity index (χ0n) is 14.3. The Morgan fingerprint density at radius 1 is 1.25 bits per heavy atom. The second kappa shape index (κ2) is 8.07. The summed E-state index contributed by atoms with van der Waals surface area (Å²) >= 11 is 6.04. The summed E-state index contributed by atoms with van der Waals surface area (Å²) in [5.74, 6) is -1.50. The van der Waals surface area contributed by atoms with Gasteiger partial charge in [0.25, 0.3) is 0 Å². The zero-order valence-corrected chi connectivity index (χ0v) is 15.1. The van der Waals surface area contributed by atoms with Crippen molar-refractivity contribution in [2.75, 3.05) is 5.32 Å². The van der Waals surface area contributed by atoms with Gasteiger partial charge in [0.15, 0.2) is 0 Å². The van der Waals surface area contributed by atoms with Crippen LogP contribution < -0.4 is 11.1 Å². The number of carboxylic acid groups (broad SMARTS) is 1. The summed E-state index contributed by atoms with van der Waals surface area (Å²) in [6.45, 7) is 0. The number of rotatable bonds is 6. The fourth-order valence-corrected chi connectivity index (χ4v) is 2.71. The number of anilines is 1. The van der Waals surface area contributed by atoms with Gasteiger partial charge in [-0.2, -0.15) is 4.98 Å². The Morgan fingerprint density at radius 2 is 2.00 bits per heavy atom. The number of aromatic hydroxyl groups is 1. The highest BCUT2D eigenvalue weighted by Gasteiger charge is 2.21. The predicted octanol–water partition coefficient (Wildman–Crippen LogP) is 2.82. The van der Waals surface area contributed by atoms with Gasteiger partial charge < -0.3 is 25.8 Å². The van der Waals surface area contributed by atoms with Crippen LogP contribution in [0.1, 0.15) is 28.7 Å². The number of hydrogen-bond donors (Lipinski definition) is 4. The van der Waals surface area contributed by atoms with Gasteiger partial charge in [0, 0.05) is 5.56 Å². The molecule has 0 spiro atoms. The third-order valence-electron chi connectivity index (χ3n) is 3.79. The number of phenolic OH excluding ortho intramolecular Hbond substituents is 1. The number of phenols is 1. The topological polar surface area (TPSA) is 152 Å². The number of amides is 1. The van der Waals surface area contributed by atoms with E-state index in [1.54, 1.807) is 12.1 Å². The van der Waals surface area contributed by atoms with Crippen molar-refractivity contribution in [1.82, 2.24) is 10.1 Å². The molecule has 0 bridgehead atoms. The molecule has 28 heavy (non-hydrogen) atoms. The highest BCUT2D eigenvalue weighted by Crippen LogP contribution is 2.29. The molecule has 0 radical (unpaired) electrons. The van der Waals surface area contributed by atoms with Crippen LogP contribution in [0, 0.1) is 0 Å². The highest BCUT2D eigenvalue weighted by molar-refractivity contribution is 6.33. The highest BCUT2D eigenvalue weighted by atomic mass is 35.5. The Bertz CT molecular complexity index is 1040. The first-order valence-corrected chi connectivity index (χ1v) is 8.43. The number of nitrogens with one attached hydrogen (secondary N) is 1. The fraction of sp³-hybridized carbons (Fsp3) is 0.111. The molecule has 1 heterocycles. The van der Waals surface area contributed by atoms with Crippen molar-refractivity contribution in [2.45, 2.75) is 12.5 Å². The number of halogens is 1. The summed E-state index contributed by atoms with van der Waals surface area (Å²) in [7, 11) is 0. The molecule has 0 saturated carbocycles. The lowest BCUT2D eigenvalue weighted by Crippen LogP contribution is -2.21. The van der Waals surface area contributed by atoms with Gasteiger partial charge in [0.2, 0.25) is 17.6 Å². The van der Waals surface area contributed by atoms with Crippen molar-refractivity contribution in [3.63, 3.8) is 0 Å². The predicted molar refractivity (Wildman–Crippen MR) is 100.0 cm³/mol.